The van der Waals surface area contributed by atoms with Crippen LogP contribution in [0.15, 0.2) is 18.2 Å². The molecule has 0 aliphatic rings. The number of halogens is 2. The molecule has 1 atom stereocenters. The molecule has 0 saturated heterocycles. The smallest absolute Gasteiger partial charge is 0.254 e. The molecule has 0 aliphatic heterocycles. The number of hydrogen-bond acceptors (Lipinski definition) is 2. The molecule has 5 heteroatoms. The molecule has 18 heavy (non-hydrogen) atoms. The molecule has 1 rings (SSSR count). The summed E-state index contributed by atoms with van der Waals surface area (Å²) in [5, 5.41) is 3.00. The zero-order valence-electron chi connectivity index (χ0n) is 10.8. The molecule has 0 bridgehead atoms. The highest BCUT2D eigenvalue weighted by molar-refractivity contribution is 6.30. The zero-order valence-corrected chi connectivity index (χ0v) is 11.5. The number of carbonyl (C=O) groups is 1. The predicted molar refractivity (Wildman–Crippen MR) is 71.2 cm³/mol. The number of benzene rings is 1. The number of nitrogens with one attached hydrogen (secondary N) is 1. The van der Waals surface area contributed by atoms with E-state index in [4.69, 9.17) is 17.3 Å². The van der Waals surface area contributed by atoms with Crippen LogP contribution in [0.5, 0.6) is 0 Å². The van der Waals surface area contributed by atoms with Gasteiger partial charge in [0.25, 0.3) is 5.91 Å². The van der Waals surface area contributed by atoms with Crippen LogP contribution in [0.25, 0.3) is 0 Å². The van der Waals surface area contributed by atoms with Crippen molar-refractivity contribution in [2.45, 2.75) is 26.8 Å². The first-order valence-electron chi connectivity index (χ1n) is 5.71. The maximum Gasteiger partial charge on any atom is 0.254 e. The maximum absolute atomic E-state index is 13.6. The van der Waals surface area contributed by atoms with Crippen molar-refractivity contribution in [2.75, 3.05) is 6.54 Å². The quantitative estimate of drug-likeness (QED) is 0.889. The fourth-order valence-corrected chi connectivity index (χ4v) is 1.70. The van der Waals surface area contributed by atoms with E-state index in [1.807, 2.05) is 20.8 Å². The summed E-state index contributed by atoms with van der Waals surface area (Å²) >= 11 is 5.64. The molecule has 0 saturated carbocycles. The minimum Gasteiger partial charge on any atom is -0.347 e. The number of carbonyl (C=O) groups excluding carboxylic acids is 1. The summed E-state index contributed by atoms with van der Waals surface area (Å²) in [5.41, 5.74) is 5.40. The van der Waals surface area contributed by atoms with Crippen molar-refractivity contribution in [3.05, 3.63) is 34.6 Å². The van der Waals surface area contributed by atoms with Crippen LogP contribution < -0.4 is 11.1 Å². The van der Waals surface area contributed by atoms with E-state index >= 15 is 0 Å². The summed E-state index contributed by atoms with van der Waals surface area (Å²) in [4.78, 5) is 11.9. The summed E-state index contributed by atoms with van der Waals surface area (Å²) in [6, 6.07) is 3.74. The van der Waals surface area contributed by atoms with Crippen molar-refractivity contribution in [1.82, 2.24) is 5.32 Å². The lowest BCUT2D eigenvalue weighted by Gasteiger charge is -2.30. The van der Waals surface area contributed by atoms with Crippen LogP contribution in [0.4, 0.5) is 4.39 Å². The second kappa shape index (κ2) is 5.67. The van der Waals surface area contributed by atoms with Crippen molar-refractivity contribution in [3.63, 3.8) is 0 Å². The lowest BCUT2D eigenvalue weighted by atomic mass is 9.86. The van der Waals surface area contributed by atoms with Crippen LogP contribution >= 0.6 is 11.6 Å². The van der Waals surface area contributed by atoms with Gasteiger partial charge in [-0.25, -0.2) is 4.39 Å². The summed E-state index contributed by atoms with van der Waals surface area (Å²) < 4.78 is 13.6. The molecule has 0 heterocycles. The summed E-state index contributed by atoms with van der Waals surface area (Å²) in [5.74, 6) is -1.11. The van der Waals surface area contributed by atoms with Gasteiger partial charge in [0.05, 0.1) is 5.56 Å². The second-order valence-corrected chi connectivity index (χ2v) is 5.69. The van der Waals surface area contributed by atoms with Crippen molar-refractivity contribution >= 4 is 17.5 Å². The molecule has 3 nitrogen and oxygen atoms in total. The Kier molecular flexibility index (Phi) is 4.71. The first-order valence-corrected chi connectivity index (χ1v) is 6.09. The number of rotatable bonds is 3. The maximum atomic E-state index is 13.6. The molecule has 3 N–H and O–H groups in total. The highest BCUT2D eigenvalue weighted by Gasteiger charge is 2.26. The molecule has 1 aromatic carbocycles. The van der Waals surface area contributed by atoms with Gasteiger partial charge in [0.2, 0.25) is 0 Å². The monoisotopic (exact) mass is 272 g/mol. The molecular formula is C13H18ClFN2O. The highest BCUT2D eigenvalue weighted by atomic mass is 35.5. The van der Waals surface area contributed by atoms with Crippen LogP contribution in [0, 0.1) is 11.2 Å². The lowest BCUT2D eigenvalue weighted by Crippen LogP contribution is -2.48. The Balaban J connectivity index is 2.88. The molecule has 1 amide bonds. The SMILES string of the molecule is CC(C)(C)C(CN)NC(=O)c1ccc(Cl)cc1F. The Labute approximate surface area is 112 Å². The van der Waals surface area contributed by atoms with E-state index in [1.165, 1.54) is 12.1 Å². The van der Waals surface area contributed by atoms with E-state index in [2.05, 4.69) is 5.32 Å². The van der Waals surface area contributed by atoms with Gasteiger partial charge in [0, 0.05) is 17.6 Å². The van der Waals surface area contributed by atoms with E-state index in [0.29, 0.717) is 6.54 Å². The zero-order chi connectivity index (χ0) is 13.9. The highest BCUT2D eigenvalue weighted by Crippen LogP contribution is 2.20. The van der Waals surface area contributed by atoms with Crippen LogP contribution in [-0.2, 0) is 0 Å². The molecule has 100 valence electrons. The van der Waals surface area contributed by atoms with Crippen molar-refractivity contribution < 1.29 is 9.18 Å². The third-order valence-electron chi connectivity index (χ3n) is 2.76. The minimum absolute atomic E-state index is 0.0258. The number of amides is 1. The van der Waals surface area contributed by atoms with Crippen LogP contribution in [-0.4, -0.2) is 18.5 Å². The average Bonchev–Trinajstić information content (AvgIpc) is 2.23. The van der Waals surface area contributed by atoms with Gasteiger partial charge < -0.3 is 11.1 Å². The second-order valence-electron chi connectivity index (χ2n) is 5.25. The van der Waals surface area contributed by atoms with E-state index in [0.717, 1.165) is 6.07 Å². The molecular weight excluding hydrogens is 255 g/mol. The molecule has 0 fully saturated rings. The van der Waals surface area contributed by atoms with Gasteiger partial charge >= 0.3 is 0 Å². The molecule has 0 spiro atoms. The van der Waals surface area contributed by atoms with E-state index in [1.54, 1.807) is 0 Å². The fraction of sp³-hybridized carbons (Fsp3) is 0.462. The van der Waals surface area contributed by atoms with Gasteiger partial charge in [-0.1, -0.05) is 32.4 Å². The topological polar surface area (TPSA) is 55.1 Å². The molecule has 1 aromatic rings. The fourth-order valence-electron chi connectivity index (χ4n) is 1.54. The molecule has 0 radical (unpaired) electrons. The Hall–Kier alpha value is -1.13. The first kappa shape index (κ1) is 14.9. The number of nitrogens with two attached hydrogens (primary N) is 1. The summed E-state index contributed by atoms with van der Waals surface area (Å²) in [6.45, 7) is 6.18. The number of hydrogen-bond donors (Lipinski definition) is 2. The van der Waals surface area contributed by atoms with Gasteiger partial charge in [-0.15, -0.1) is 0 Å². The third-order valence-corrected chi connectivity index (χ3v) is 3.00. The Morgan fingerprint density at radius 3 is 2.56 bits per heavy atom. The summed E-state index contributed by atoms with van der Waals surface area (Å²) in [7, 11) is 0. The van der Waals surface area contributed by atoms with Crippen molar-refractivity contribution in [1.29, 1.82) is 0 Å². The van der Waals surface area contributed by atoms with Crippen molar-refractivity contribution in [3.8, 4) is 0 Å². The van der Waals surface area contributed by atoms with Gasteiger partial charge in [0.15, 0.2) is 0 Å². The van der Waals surface area contributed by atoms with Gasteiger partial charge in [-0.3, -0.25) is 4.79 Å². The average molecular weight is 273 g/mol. The lowest BCUT2D eigenvalue weighted by molar-refractivity contribution is 0.0901. The largest absolute Gasteiger partial charge is 0.347 e. The van der Waals surface area contributed by atoms with Gasteiger partial charge in [0.1, 0.15) is 5.82 Å². The van der Waals surface area contributed by atoms with E-state index in [9.17, 15) is 9.18 Å². The normalized spacial score (nSPS) is 13.2. The first-order chi connectivity index (χ1) is 8.25. The minimum atomic E-state index is -0.635. The van der Waals surface area contributed by atoms with E-state index < -0.39 is 11.7 Å². The van der Waals surface area contributed by atoms with Crippen LogP contribution in [0.1, 0.15) is 31.1 Å². The van der Waals surface area contributed by atoms with E-state index in [-0.39, 0.29) is 22.0 Å². The molecule has 0 aliphatic carbocycles. The summed E-state index contributed by atoms with van der Waals surface area (Å²) in [6.07, 6.45) is 0. The Morgan fingerprint density at radius 1 is 1.50 bits per heavy atom. The molecule has 0 aromatic heterocycles. The van der Waals surface area contributed by atoms with Gasteiger partial charge in [-0.05, 0) is 23.6 Å². The van der Waals surface area contributed by atoms with Crippen molar-refractivity contribution in [2.24, 2.45) is 11.1 Å². The van der Waals surface area contributed by atoms with Crippen LogP contribution in [0.3, 0.4) is 0 Å². The van der Waals surface area contributed by atoms with Crippen LogP contribution in [0.2, 0.25) is 5.02 Å². The molecule has 1 unspecified atom stereocenters. The third kappa shape index (κ3) is 3.68. The Morgan fingerprint density at radius 2 is 2.11 bits per heavy atom. The van der Waals surface area contributed by atoms with Gasteiger partial charge in [-0.2, -0.15) is 0 Å². The Bertz CT molecular complexity index is 443. The predicted octanol–water partition coefficient (Wildman–Crippen LogP) is 2.58. The standard InChI is InChI=1S/C13H18ClFN2O/c1-13(2,3)11(7-16)17-12(18)9-5-4-8(14)6-10(9)15/h4-6,11H,7,16H2,1-3H3,(H,17,18).